The molecule has 0 unspecified atom stereocenters. The minimum absolute atomic E-state index is 0.239. The molecule has 0 saturated carbocycles. The van der Waals surface area contributed by atoms with E-state index in [1.54, 1.807) is 63.0 Å². The summed E-state index contributed by atoms with van der Waals surface area (Å²) < 4.78 is 12.1. The van der Waals surface area contributed by atoms with Crippen LogP contribution in [0, 0.1) is 0 Å². The average Bonchev–Trinajstić information content (AvgIpc) is 2.97. The highest BCUT2D eigenvalue weighted by atomic mass is 16.6. The van der Waals surface area contributed by atoms with E-state index in [-0.39, 0.29) is 12.5 Å². The minimum atomic E-state index is -0.806. The van der Waals surface area contributed by atoms with Crippen molar-refractivity contribution in [3.8, 4) is 11.6 Å². The molecular formula is C16H21N3O4. The smallest absolute Gasteiger partial charge is 0.344 e. The standard InChI is InChI=1S/C16H21N3O4/c1-11(20)15-12(19-9-5-8-17-19)6-7-13(18-15)22-10-14(21)23-16(2,3)4/h5-9,11,20H,10H2,1-4H3/t11-/m1/s1. The zero-order valence-corrected chi connectivity index (χ0v) is 13.7. The molecule has 1 atom stereocenters. The molecule has 0 saturated heterocycles. The van der Waals surface area contributed by atoms with Crippen LogP contribution in [0.3, 0.4) is 0 Å². The van der Waals surface area contributed by atoms with Gasteiger partial charge in [0.05, 0.1) is 17.5 Å². The van der Waals surface area contributed by atoms with Crippen LogP contribution in [0.4, 0.5) is 0 Å². The lowest BCUT2D eigenvalue weighted by molar-refractivity contribution is -0.157. The molecule has 0 radical (unpaired) electrons. The Balaban J connectivity index is 2.12. The molecule has 0 aliphatic heterocycles. The number of aliphatic hydroxyl groups excluding tert-OH is 1. The molecule has 1 N–H and O–H groups in total. The molecule has 2 heterocycles. The van der Waals surface area contributed by atoms with Crippen LogP contribution in [0.1, 0.15) is 39.5 Å². The lowest BCUT2D eigenvalue weighted by atomic mass is 10.2. The molecule has 124 valence electrons. The van der Waals surface area contributed by atoms with Gasteiger partial charge in [0.2, 0.25) is 5.88 Å². The summed E-state index contributed by atoms with van der Waals surface area (Å²) in [4.78, 5) is 15.9. The normalized spacial score (nSPS) is 12.7. The van der Waals surface area contributed by atoms with E-state index in [2.05, 4.69) is 10.1 Å². The van der Waals surface area contributed by atoms with E-state index >= 15 is 0 Å². The number of carbonyl (C=O) groups excluding carboxylic acids is 1. The van der Waals surface area contributed by atoms with Gasteiger partial charge in [-0.2, -0.15) is 5.10 Å². The summed E-state index contributed by atoms with van der Waals surface area (Å²) in [7, 11) is 0. The van der Waals surface area contributed by atoms with Crippen molar-refractivity contribution in [3.05, 3.63) is 36.3 Å². The number of rotatable bonds is 5. The van der Waals surface area contributed by atoms with Crippen molar-refractivity contribution in [2.45, 2.75) is 39.4 Å². The van der Waals surface area contributed by atoms with Gasteiger partial charge in [-0.25, -0.2) is 14.5 Å². The molecule has 23 heavy (non-hydrogen) atoms. The summed E-state index contributed by atoms with van der Waals surface area (Å²) in [5.74, 6) is -0.239. The zero-order chi connectivity index (χ0) is 17.0. The maximum Gasteiger partial charge on any atom is 0.344 e. The fourth-order valence-corrected chi connectivity index (χ4v) is 1.95. The molecular weight excluding hydrogens is 298 g/mol. The van der Waals surface area contributed by atoms with Crippen LogP contribution in [0.25, 0.3) is 5.69 Å². The molecule has 0 aliphatic rings. The number of hydrogen-bond donors (Lipinski definition) is 1. The first-order chi connectivity index (χ1) is 10.8. The number of esters is 1. The van der Waals surface area contributed by atoms with Gasteiger partial charge >= 0.3 is 5.97 Å². The van der Waals surface area contributed by atoms with E-state index < -0.39 is 17.7 Å². The van der Waals surface area contributed by atoms with Crippen LogP contribution < -0.4 is 4.74 Å². The number of hydrogen-bond acceptors (Lipinski definition) is 6. The Morgan fingerprint density at radius 3 is 2.70 bits per heavy atom. The third-order valence-electron chi connectivity index (χ3n) is 2.78. The first-order valence-corrected chi connectivity index (χ1v) is 7.30. The van der Waals surface area contributed by atoms with Crippen molar-refractivity contribution in [3.63, 3.8) is 0 Å². The summed E-state index contributed by atoms with van der Waals surface area (Å²) in [6, 6.07) is 5.12. The number of aromatic nitrogens is 3. The summed E-state index contributed by atoms with van der Waals surface area (Å²) in [6.45, 7) is 6.71. The van der Waals surface area contributed by atoms with Crippen LogP contribution in [-0.4, -0.2) is 38.0 Å². The second-order valence-electron chi connectivity index (χ2n) is 6.06. The fourth-order valence-electron chi connectivity index (χ4n) is 1.95. The summed E-state index contributed by atoms with van der Waals surface area (Å²) in [5, 5.41) is 14.0. The van der Waals surface area contributed by atoms with Gasteiger partial charge < -0.3 is 14.6 Å². The van der Waals surface area contributed by atoms with E-state index in [0.29, 0.717) is 11.4 Å². The molecule has 2 aromatic heterocycles. The van der Waals surface area contributed by atoms with Crippen LogP contribution in [0.5, 0.6) is 5.88 Å². The Morgan fingerprint density at radius 2 is 2.13 bits per heavy atom. The van der Waals surface area contributed by atoms with Crippen molar-refractivity contribution in [1.29, 1.82) is 0 Å². The Bertz CT molecular complexity index is 660. The van der Waals surface area contributed by atoms with Crippen LogP contribution >= 0.6 is 0 Å². The Labute approximate surface area is 134 Å². The highest BCUT2D eigenvalue weighted by Crippen LogP contribution is 2.22. The van der Waals surface area contributed by atoms with Gasteiger partial charge in [-0.1, -0.05) is 0 Å². The first kappa shape index (κ1) is 17.0. The molecule has 0 aliphatic carbocycles. The van der Waals surface area contributed by atoms with Gasteiger partial charge in [-0.3, -0.25) is 0 Å². The van der Waals surface area contributed by atoms with Gasteiger partial charge in [0.15, 0.2) is 6.61 Å². The predicted octanol–water partition coefficient (Wildman–Crippen LogP) is 2.04. The SMILES string of the molecule is C[C@@H](O)c1nc(OCC(=O)OC(C)(C)C)ccc1-n1cccn1. The molecule has 0 bridgehead atoms. The Kier molecular flexibility index (Phi) is 5.00. The maximum atomic E-state index is 11.7. The van der Waals surface area contributed by atoms with Crippen molar-refractivity contribution in [1.82, 2.24) is 14.8 Å². The van der Waals surface area contributed by atoms with Crippen molar-refractivity contribution in [2.24, 2.45) is 0 Å². The second kappa shape index (κ2) is 6.78. The summed E-state index contributed by atoms with van der Waals surface area (Å²) in [6.07, 6.45) is 2.59. The highest BCUT2D eigenvalue weighted by Gasteiger charge is 2.18. The van der Waals surface area contributed by atoms with E-state index in [1.165, 1.54) is 0 Å². The number of ether oxygens (including phenoxy) is 2. The lowest BCUT2D eigenvalue weighted by Crippen LogP contribution is -2.27. The molecule has 0 amide bonds. The second-order valence-corrected chi connectivity index (χ2v) is 6.06. The van der Waals surface area contributed by atoms with E-state index in [1.807, 2.05) is 0 Å². The van der Waals surface area contributed by atoms with Gasteiger partial charge in [0.25, 0.3) is 0 Å². The third kappa shape index (κ3) is 4.79. The predicted molar refractivity (Wildman–Crippen MR) is 83.3 cm³/mol. The van der Waals surface area contributed by atoms with Crippen LogP contribution in [0.15, 0.2) is 30.6 Å². The minimum Gasteiger partial charge on any atom is -0.466 e. The zero-order valence-electron chi connectivity index (χ0n) is 13.7. The molecule has 0 aromatic carbocycles. The average molecular weight is 319 g/mol. The third-order valence-corrected chi connectivity index (χ3v) is 2.78. The molecule has 7 nitrogen and oxygen atoms in total. The quantitative estimate of drug-likeness (QED) is 0.849. The fraction of sp³-hybridized carbons (Fsp3) is 0.438. The van der Waals surface area contributed by atoms with E-state index in [9.17, 15) is 9.90 Å². The molecule has 7 heteroatoms. The monoisotopic (exact) mass is 319 g/mol. The molecule has 2 rings (SSSR count). The first-order valence-electron chi connectivity index (χ1n) is 7.30. The van der Waals surface area contributed by atoms with Gasteiger partial charge in [-0.15, -0.1) is 0 Å². The largest absolute Gasteiger partial charge is 0.466 e. The number of pyridine rings is 1. The number of aliphatic hydroxyl groups is 1. The van der Waals surface area contributed by atoms with Crippen molar-refractivity contribution >= 4 is 5.97 Å². The topological polar surface area (TPSA) is 86.5 Å². The van der Waals surface area contributed by atoms with Crippen molar-refractivity contribution < 1.29 is 19.4 Å². The van der Waals surface area contributed by atoms with Gasteiger partial charge in [0, 0.05) is 18.5 Å². The lowest BCUT2D eigenvalue weighted by Gasteiger charge is -2.19. The van der Waals surface area contributed by atoms with E-state index in [0.717, 1.165) is 0 Å². The summed E-state index contributed by atoms with van der Waals surface area (Å²) >= 11 is 0. The van der Waals surface area contributed by atoms with Gasteiger partial charge in [-0.05, 0) is 39.8 Å². The Morgan fingerprint density at radius 1 is 1.39 bits per heavy atom. The molecule has 0 fully saturated rings. The highest BCUT2D eigenvalue weighted by molar-refractivity contribution is 5.71. The van der Waals surface area contributed by atoms with Crippen molar-refractivity contribution in [2.75, 3.05) is 6.61 Å². The van der Waals surface area contributed by atoms with E-state index in [4.69, 9.17) is 9.47 Å². The number of nitrogens with zero attached hydrogens (tertiary/aromatic N) is 3. The Hall–Kier alpha value is -2.41. The van der Waals surface area contributed by atoms with Crippen LogP contribution in [-0.2, 0) is 9.53 Å². The maximum absolute atomic E-state index is 11.7. The summed E-state index contributed by atoms with van der Waals surface area (Å²) in [5.41, 5.74) is 0.493. The number of carbonyl (C=O) groups is 1. The molecule has 0 spiro atoms. The van der Waals surface area contributed by atoms with Crippen LogP contribution in [0.2, 0.25) is 0 Å². The molecule has 2 aromatic rings. The van der Waals surface area contributed by atoms with Gasteiger partial charge in [0.1, 0.15) is 5.60 Å².